The molecular formula is C18H16FN5O2. The second-order valence-electron chi connectivity index (χ2n) is 5.53. The number of carboxylic acids is 1. The molecule has 7 nitrogen and oxygen atoms in total. The zero-order valence-corrected chi connectivity index (χ0v) is 13.8. The Kier molecular flexibility index (Phi) is 5.02. The van der Waals surface area contributed by atoms with Gasteiger partial charge in [0.2, 0.25) is 0 Å². The summed E-state index contributed by atoms with van der Waals surface area (Å²) in [6.45, 7) is 1.84. The van der Waals surface area contributed by atoms with Gasteiger partial charge in [0.15, 0.2) is 0 Å². The fourth-order valence-corrected chi connectivity index (χ4v) is 2.35. The Morgan fingerprint density at radius 1 is 1.12 bits per heavy atom. The van der Waals surface area contributed by atoms with Crippen LogP contribution in [0.25, 0.3) is 0 Å². The van der Waals surface area contributed by atoms with Gasteiger partial charge in [-0.2, -0.15) is 0 Å². The molecule has 0 aliphatic heterocycles. The van der Waals surface area contributed by atoms with Gasteiger partial charge in [0, 0.05) is 18.4 Å². The summed E-state index contributed by atoms with van der Waals surface area (Å²) in [7, 11) is 0. The van der Waals surface area contributed by atoms with Crippen molar-refractivity contribution >= 4 is 23.4 Å². The second kappa shape index (κ2) is 7.56. The van der Waals surface area contributed by atoms with E-state index in [4.69, 9.17) is 0 Å². The molecule has 2 aromatic heterocycles. The smallest absolute Gasteiger partial charge is 0.339 e. The molecule has 0 aliphatic rings. The minimum Gasteiger partial charge on any atom is -0.478 e. The SMILES string of the molecule is CC(Nc1nc(Nc2cnccn2)ccc1C(=O)O)c1ccc(F)cc1. The molecule has 1 unspecified atom stereocenters. The van der Waals surface area contributed by atoms with Crippen molar-refractivity contribution in [2.24, 2.45) is 0 Å². The van der Waals surface area contributed by atoms with Crippen molar-refractivity contribution in [3.63, 3.8) is 0 Å². The van der Waals surface area contributed by atoms with Crippen molar-refractivity contribution in [3.8, 4) is 0 Å². The van der Waals surface area contributed by atoms with E-state index in [1.165, 1.54) is 30.6 Å². The highest BCUT2D eigenvalue weighted by Gasteiger charge is 2.16. The molecule has 0 amide bonds. The summed E-state index contributed by atoms with van der Waals surface area (Å²) in [5, 5.41) is 15.4. The first-order valence-electron chi connectivity index (χ1n) is 7.82. The molecule has 3 rings (SSSR count). The Morgan fingerprint density at radius 3 is 2.54 bits per heavy atom. The molecule has 8 heteroatoms. The monoisotopic (exact) mass is 353 g/mol. The summed E-state index contributed by atoms with van der Waals surface area (Å²) < 4.78 is 13.1. The predicted molar refractivity (Wildman–Crippen MR) is 94.9 cm³/mol. The normalized spacial score (nSPS) is 11.6. The highest BCUT2D eigenvalue weighted by atomic mass is 19.1. The fraction of sp³-hybridized carbons (Fsp3) is 0.111. The molecule has 0 bridgehead atoms. The number of aromatic nitrogens is 3. The largest absolute Gasteiger partial charge is 0.478 e. The number of carbonyl (C=O) groups is 1. The summed E-state index contributed by atoms with van der Waals surface area (Å²) in [5.74, 6) is -0.328. The molecule has 26 heavy (non-hydrogen) atoms. The first kappa shape index (κ1) is 17.3. The lowest BCUT2D eigenvalue weighted by Gasteiger charge is -2.17. The first-order chi connectivity index (χ1) is 12.5. The topological polar surface area (TPSA) is 100 Å². The molecule has 0 radical (unpaired) electrons. The van der Waals surface area contributed by atoms with Crippen LogP contribution in [0.2, 0.25) is 0 Å². The Balaban J connectivity index is 1.86. The van der Waals surface area contributed by atoms with Gasteiger partial charge in [0.1, 0.15) is 28.8 Å². The standard InChI is InChI=1S/C18H16FN5O2/c1-11(12-2-4-13(19)5-3-12)22-17-14(18(25)26)6-7-15(24-17)23-16-10-20-8-9-21-16/h2-11H,1H3,(H,25,26)(H2,21,22,23,24). The number of hydrogen-bond donors (Lipinski definition) is 3. The number of pyridine rings is 1. The maximum atomic E-state index is 13.1. The number of benzene rings is 1. The third-order valence-electron chi connectivity index (χ3n) is 3.67. The van der Waals surface area contributed by atoms with Crippen molar-refractivity contribution in [2.45, 2.75) is 13.0 Å². The Hall–Kier alpha value is -3.55. The molecule has 132 valence electrons. The van der Waals surface area contributed by atoms with Crippen LogP contribution >= 0.6 is 0 Å². The number of nitrogens with zero attached hydrogens (tertiary/aromatic N) is 3. The molecule has 0 aliphatic carbocycles. The van der Waals surface area contributed by atoms with E-state index in [-0.39, 0.29) is 23.2 Å². The van der Waals surface area contributed by atoms with Crippen LogP contribution in [0, 0.1) is 5.82 Å². The highest BCUT2D eigenvalue weighted by Crippen LogP contribution is 2.24. The van der Waals surface area contributed by atoms with Gasteiger partial charge in [-0.25, -0.2) is 19.2 Å². The lowest BCUT2D eigenvalue weighted by molar-refractivity contribution is 0.0697. The van der Waals surface area contributed by atoms with Crippen molar-refractivity contribution in [1.82, 2.24) is 15.0 Å². The maximum Gasteiger partial charge on any atom is 0.339 e. The number of aromatic carboxylic acids is 1. The van der Waals surface area contributed by atoms with Gasteiger partial charge in [0.05, 0.1) is 6.20 Å². The van der Waals surface area contributed by atoms with E-state index in [0.717, 1.165) is 5.56 Å². The van der Waals surface area contributed by atoms with E-state index in [2.05, 4.69) is 25.6 Å². The van der Waals surface area contributed by atoms with Crippen molar-refractivity contribution < 1.29 is 14.3 Å². The molecule has 0 saturated carbocycles. The predicted octanol–water partition coefficient (Wildman–Crippen LogP) is 3.63. The molecular weight excluding hydrogens is 337 g/mol. The van der Waals surface area contributed by atoms with Gasteiger partial charge in [-0.15, -0.1) is 0 Å². The summed E-state index contributed by atoms with van der Waals surface area (Å²) >= 11 is 0. The van der Waals surface area contributed by atoms with Crippen LogP contribution in [0.3, 0.4) is 0 Å². The van der Waals surface area contributed by atoms with Gasteiger partial charge in [-0.3, -0.25) is 4.98 Å². The average molecular weight is 353 g/mol. The second-order valence-corrected chi connectivity index (χ2v) is 5.53. The maximum absolute atomic E-state index is 13.1. The lowest BCUT2D eigenvalue weighted by Crippen LogP contribution is -2.13. The summed E-state index contributed by atoms with van der Waals surface area (Å²) in [6.07, 6.45) is 4.61. The first-order valence-corrected chi connectivity index (χ1v) is 7.82. The van der Waals surface area contributed by atoms with Crippen LogP contribution in [0.5, 0.6) is 0 Å². The number of hydrogen-bond acceptors (Lipinski definition) is 6. The van der Waals surface area contributed by atoms with Crippen molar-refractivity contribution in [3.05, 3.63) is 71.9 Å². The molecule has 2 heterocycles. The zero-order valence-electron chi connectivity index (χ0n) is 13.8. The number of rotatable bonds is 6. The summed E-state index contributed by atoms with van der Waals surface area (Å²) in [6, 6.07) is 8.70. The van der Waals surface area contributed by atoms with E-state index in [0.29, 0.717) is 11.6 Å². The van der Waals surface area contributed by atoms with Crippen LogP contribution < -0.4 is 10.6 Å². The lowest BCUT2D eigenvalue weighted by atomic mass is 10.1. The quantitative estimate of drug-likeness (QED) is 0.622. The number of carboxylic acid groups (broad SMARTS) is 1. The van der Waals surface area contributed by atoms with E-state index < -0.39 is 5.97 Å². The van der Waals surface area contributed by atoms with Gasteiger partial charge in [-0.1, -0.05) is 12.1 Å². The molecule has 0 fully saturated rings. The van der Waals surface area contributed by atoms with Gasteiger partial charge in [-0.05, 0) is 36.8 Å². The molecule has 0 spiro atoms. The van der Waals surface area contributed by atoms with Crippen LogP contribution in [0.4, 0.5) is 21.8 Å². The molecule has 1 aromatic carbocycles. The molecule has 0 saturated heterocycles. The average Bonchev–Trinajstić information content (AvgIpc) is 2.63. The number of halogens is 1. The van der Waals surface area contributed by atoms with Crippen LogP contribution in [-0.4, -0.2) is 26.0 Å². The summed E-state index contributed by atoms with van der Waals surface area (Å²) in [4.78, 5) is 23.9. The Labute approximate surface area is 149 Å². The van der Waals surface area contributed by atoms with E-state index in [1.807, 2.05) is 6.92 Å². The van der Waals surface area contributed by atoms with Crippen molar-refractivity contribution in [1.29, 1.82) is 0 Å². The third-order valence-corrected chi connectivity index (χ3v) is 3.67. The highest BCUT2D eigenvalue weighted by molar-refractivity contribution is 5.93. The fourth-order valence-electron chi connectivity index (χ4n) is 2.35. The van der Waals surface area contributed by atoms with E-state index >= 15 is 0 Å². The van der Waals surface area contributed by atoms with E-state index in [1.54, 1.807) is 24.4 Å². The molecule has 3 aromatic rings. The van der Waals surface area contributed by atoms with Crippen LogP contribution in [0.15, 0.2) is 55.0 Å². The van der Waals surface area contributed by atoms with Crippen LogP contribution in [-0.2, 0) is 0 Å². The van der Waals surface area contributed by atoms with Crippen LogP contribution in [0.1, 0.15) is 28.9 Å². The van der Waals surface area contributed by atoms with Gasteiger partial charge < -0.3 is 15.7 Å². The molecule has 3 N–H and O–H groups in total. The molecule has 1 atom stereocenters. The number of anilines is 3. The number of nitrogens with one attached hydrogen (secondary N) is 2. The minimum atomic E-state index is -1.10. The summed E-state index contributed by atoms with van der Waals surface area (Å²) in [5.41, 5.74) is 0.834. The van der Waals surface area contributed by atoms with Crippen molar-refractivity contribution in [2.75, 3.05) is 10.6 Å². The Morgan fingerprint density at radius 2 is 1.88 bits per heavy atom. The minimum absolute atomic E-state index is 0.0312. The Bertz CT molecular complexity index is 903. The van der Waals surface area contributed by atoms with E-state index in [9.17, 15) is 14.3 Å². The third kappa shape index (κ3) is 4.10. The van der Waals surface area contributed by atoms with Gasteiger partial charge in [0.25, 0.3) is 0 Å². The zero-order chi connectivity index (χ0) is 18.5. The van der Waals surface area contributed by atoms with Gasteiger partial charge >= 0.3 is 5.97 Å².